The lowest BCUT2D eigenvalue weighted by atomic mass is 10.1. The molecule has 0 spiro atoms. The minimum absolute atomic E-state index is 0.585. The van der Waals surface area contributed by atoms with Gasteiger partial charge in [0.25, 0.3) is 0 Å². The summed E-state index contributed by atoms with van der Waals surface area (Å²) in [6.45, 7) is 8.85. The fraction of sp³-hybridized carbons (Fsp3) is 0.818. The predicted octanol–water partition coefficient (Wildman–Crippen LogP) is 3.47. The summed E-state index contributed by atoms with van der Waals surface area (Å²) in [4.78, 5) is 0. The maximum absolute atomic E-state index is 3.24. The molecule has 0 aromatic heterocycles. The van der Waals surface area contributed by atoms with Gasteiger partial charge in [0.1, 0.15) is 0 Å². The van der Waals surface area contributed by atoms with E-state index in [0.29, 0.717) is 5.92 Å². The van der Waals surface area contributed by atoms with Crippen LogP contribution in [0.15, 0.2) is 0 Å². The van der Waals surface area contributed by atoms with Crippen molar-refractivity contribution in [1.82, 2.24) is 0 Å². The summed E-state index contributed by atoms with van der Waals surface area (Å²) in [5, 5.41) is 0. The molecule has 1 atom stereocenters. The van der Waals surface area contributed by atoms with Gasteiger partial charge in [0, 0.05) is 12.3 Å². The zero-order valence-electron chi connectivity index (χ0n) is 8.28. The van der Waals surface area contributed by atoms with Crippen molar-refractivity contribution in [2.45, 2.75) is 47.0 Å². The van der Waals surface area contributed by atoms with Crippen molar-refractivity contribution in [3.05, 3.63) is 0 Å². The van der Waals surface area contributed by atoms with Gasteiger partial charge in [0.15, 0.2) is 0 Å². The van der Waals surface area contributed by atoms with E-state index >= 15 is 0 Å². The minimum atomic E-state index is 0.585. The van der Waals surface area contributed by atoms with Gasteiger partial charge in [0.05, 0.1) is 0 Å². The first-order valence-corrected chi connectivity index (χ1v) is 4.65. The maximum atomic E-state index is 3.24. The van der Waals surface area contributed by atoms with E-state index in [2.05, 4.69) is 39.5 Å². The molecule has 0 heteroatoms. The third-order valence-electron chi connectivity index (χ3n) is 1.81. The highest BCUT2D eigenvalue weighted by molar-refractivity contribution is 5.01. The Morgan fingerprint density at radius 3 is 2.27 bits per heavy atom. The summed E-state index contributed by atoms with van der Waals surface area (Å²) in [7, 11) is 0. The molecule has 0 N–H and O–H groups in total. The number of hydrogen-bond donors (Lipinski definition) is 0. The van der Waals surface area contributed by atoms with Gasteiger partial charge in [0.2, 0.25) is 0 Å². The molecule has 0 aliphatic heterocycles. The topological polar surface area (TPSA) is 0 Å². The second-order valence-electron chi connectivity index (χ2n) is 3.56. The second kappa shape index (κ2) is 6.28. The Labute approximate surface area is 71.4 Å². The Morgan fingerprint density at radius 1 is 1.18 bits per heavy atom. The lowest BCUT2D eigenvalue weighted by Crippen LogP contribution is -1.87. The monoisotopic (exact) mass is 152 g/mol. The van der Waals surface area contributed by atoms with E-state index in [1.165, 1.54) is 12.8 Å². The Bertz CT molecular complexity index is 134. The van der Waals surface area contributed by atoms with E-state index in [0.717, 1.165) is 12.3 Å². The van der Waals surface area contributed by atoms with Crippen LogP contribution in [-0.4, -0.2) is 0 Å². The summed E-state index contributed by atoms with van der Waals surface area (Å²) in [6, 6.07) is 0. The maximum Gasteiger partial charge on any atom is 0.0171 e. The molecule has 0 saturated carbocycles. The lowest BCUT2D eigenvalue weighted by Gasteiger charge is -1.98. The molecule has 0 aliphatic carbocycles. The number of hydrogen-bond acceptors (Lipinski definition) is 0. The average molecular weight is 152 g/mol. The fourth-order valence-electron chi connectivity index (χ4n) is 0.709. The zero-order valence-corrected chi connectivity index (χ0v) is 8.28. The first-order chi connectivity index (χ1) is 5.16. The van der Waals surface area contributed by atoms with Crippen molar-refractivity contribution in [3.8, 4) is 11.8 Å². The van der Waals surface area contributed by atoms with E-state index in [-0.39, 0.29) is 0 Å². The van der Waals surface area contributed by atoms with Gasteiger partial charge < -0.3 is 0 Å². The van der Waals surface area contributed by atoms with Crippen molar-refractivity contribution in [2.24, 2.45) is 11.8 Å². The lowest BCUT2D eigenvalue weighted by molar-refractivity contribution is 0.599. The molecule has 0 heterocycles. The summed E-state index contributed by atoms with van der Waals surface area (Å²) in [5.41, 5.74) is 0. The Hall–Kier alpha value is -0.440. The van der Waals surface area contributed by atoms with E-state index in [1.54, 1.807) is 0 Å². The number of rotatable bonds is 3. The summed E-state index contributed by atoms with van der Waals surface area (Å²) < 4.78 is 0. The molecule has 0 aliphatic rings. The Balaban J connectivity index is 3.40. The SMILES string of the molecule is CCC(C)C#CCCC(C)C. The molecule has 0 aromatic rings. The van der Waals surface area contributed by atoms with Gasteiger partial charge in [-0.15, -0.1) is 11.8 Å². The van der Waals surface area contributed by atoms with Crippen LogP contribution in [0.1, 0.15) is 47.0 Å². The van der Waals surface area contributed by atoms with Crippen LogP contribution in [-0.2, 0) is 0 Å². The first-order valence-electron chi connectivity index (χ1n) is 4.65. The van der Waals surface area contributed by atoms with Crippen LogP contribution in [0.4, 0.5) is 0 Å². The highest BCUT2D eigenvalue weighted by atomic mass is 14.0. The standard InChI is InChI=1S/C11H20/c1-5-11(4)9-7-6-8-10(2)3/h10-11H,5-6,8H2,1-4H3. The molecule has 0 amide bonds. The van der Waals surface area contributed by atoms with Gasteiger partial charge in [-0.3, -0.25) is 0 Å². The second-order valence-corrected chi connectivity index (χ2v) is 3.56. The third-order valence-corrected chi connectivity index (χ3v) is 1.81. The van der Waals surface area contributed by atoms with E-state index in [9.17, 15) is 0 Å². The molecule has 1 unspecified atom stereocenters. The van der Waals surface area contributed by atoms with Crippen molar-refractivity contribution < 1.29 is 0 Å². The Kier molecular flexibility index (Phi) is 6.03. The van der Waals surface area contributed by atoms with Crippen LogP contribution < -0.4 is 0 Å². The quantitative estimate of drug-likeness (QED) is 0.543. The molecular weight excluding hydrogens is 132 g/mol. The Morgan fingerprint density at radius 2 is 1.82 bits per heavy atom. The average Bonchev–Trinajstić information content (AvgIpc) is 1.97. The van der Waals surface area contributed by atoms with Crippen molar-refractivity contribution >= 4 is 0 Å². The fourth-order valence-corrected chi connectivity index (χ4v) is 0.709. The molecule has 0 bridgehead atoms. The molecule has 11 heavy (non-hydrogen) atoms. The van der Waals surface area contributed by atoms with Crippen molar-refractivity contribution in [2.75, 3.05) is 0 Å². The van der Waals surface area contributed by atoms with Crippen LogP contribution in [0.3, 0.4) is 0 Å². The largest absolute Gasteiger partial charge is 0.103 e. The molecule has 64 valence electrons. The molecule has 0 rings (SSSR count). The molecular formula is C11H20. The zero-order chi connectivity index (χ0) is 8.69. The van der Waals surface area contributed by atoms with Gasteiger partial charge in [-0.25, -0.2) is 0 Å². The molecule has 0 saturated heterocycles. The third kappa shape index (κ3) is 7.46. The molecule has 0 aromatic carbocycles. The molecule has 0 fully saturated rings. The van der Waals surface area contributed by atoms with Crippen LogP contribution in [0, 0.1) is 23.7 Å². The predicted molar refractivity (Wildman–Crippen MR) is 51.3 cm³/mol. The summed E-state index contributed by atoms with van der Waals surface area (Å²) in [6.07, 6.45) is 3.49. The van der Waals surface area contributed by atoms with Crippen molar-refractivity contribution in [1.29, 1.82) is 0 Å². The van der Waals surface area contributed by atoms with Crippen LogP contribution in [0.2, 0.25) is 0 Å². The molecule has 0 nitrogen and oxygen atoms in total. The van der Waals surface area contributed by atoms with E-state index in [1.807, 2.05) is 0 Å². The van der Waals surface area contributed by atoms with Crippen LogP contribution >= 0.6 is 0 Å². The minimum Gasteiger partial charge on any atom is -0.103 e. The smallest absolute Gasteiger partial charge is 0.0171 e. The normalized spacial score (nSPS) is 12.5. The first kappa shape index (κ1) is 10.6. The summed E-state index contributed by atoms with van der Waals surface area (Å²) >= 11 is 0. The van der Waals surface area contributed by atoms with Gasteiger partial charge in [-0.2, -0.15) is 0 Å². The van der Waals surface area contributed by atoms with Crippen molar-refractivity contribution in [3.63, 3.8) is 0 Å². The highest BCUT2D eigenvalue weighted by Crippen LogP contribution is 2.03. The highest BCUT2D eigenvalue weighted by Gasteiger charge is 1.91. The summed E-state index contributed by atoms with van der Waals surface area (Å²) in [5.74, 6) is 7.83. The van der Waals surface area contributed by atoms with Gasteiger partial charge in [-0.1, -0.05) is 27.7 Å². The van der Waals surface area contributed by atoms with Gasteiger partial charge >= 0.3 is 0 Å². The van der Waals surface area contributed by atoms with Crippen LogP contribution in [0.25, 0.3) is 0 Å². The molecule has 0 radical (unpaired) electrons. The van der Waals surface area contributed by atoms with Crippen LogP contribution in [0.5, 0.6) is 0 Å². The van der Waals surface area contributed by atoms with E-state index in [4.69, 9.17) is 0 Å². The van der Waals surface area contributed by atoms with Gasteiger partial charge in [-0.05, 0) is 18.8 Å². The van der Waals surface area contributed by atoms with E-state index < -0.39 is 0 Å².